The summed E-state index contributed by atoms with van der Waals surface area (Å²) < 4.78 is -1.96. The summed E-state index contributed by atoms with van der Waals surface area (Å²) in [6.07, 6.45) is 1.51. The zero-order valence-electron chi connectivity index (χ0n) is 9.16. The van der Waals surface area contributed by atoms with Gasteiger partial charge in [-0.3, -0.25) is 4.79 Å². The molecule has 1 heterocycles. The molecule has 0 aliphatic heterocycles. The van der Waals surface area contributed by atoms with Crippen molar-refractivity contribution in [3.05, 3.63) is 36.0 Å². The average Bonchev–Trinajstić information content (AvgIpc) is 2.72. The molecule has 19 heavy (non-hydrogen) atoms. The normalized spacial score (nSPS) is 10.7. The third-order valence-corrected chi connectivity index (χ3v) is 3.13. The Bertz CT molecular complexity index is 603. The van der Waals surface area contributed by atoms with Crippen LogP contribution in [0.5, 0.6) is 0 Å². The van der Waals surface area contributed by atoms with Gasteiger partial charge in [-0.1, -0.05) is 53.0 Å². The van der Waals surface area contributed by atoms with Gasteiger partial charge in [0.15, 0.2) is 0 Å². The van der Waals surface area contributed by atoms with Crippen molar-refractivity contribution < 1.29 is 14.7 Å². The van der Waals surface area contributed by atoms with Gasteiger partial charge in [0.25, 0.3) is 9.03 Å². The number of carboxylic acids is 1. The quantitative estimate of drug-likeness (QED) is 0.608. The lowest BCUT2D eigenvalue weighted by Crippen LogP contribution is -2.10. The van der Waals surface area contributed by atoms with Crippen LogP contribution < -0.4 is 0 Å². The van der Waals surface area contributed by atoms with Gasteiger partial charge in [0.2, 0.25) is 0 Å². The Balaban J connectivity index is 0.000000224. The van der Waals surface area contributed by atoms with Crippen molar-refractivity contribution >= 4 is 68.5 Å². The van der Waals surface area contributed by atoms with Crippen LogP contribution in [0.3, 0.4) is 0 Å². The fraction of sp³-hybridized carbons (Fsp3) is 0.0909. The Morgan fingerprint density at radius 1 is 1.16 bits per heavy atom. The number of hydrogen-bond acceptors (Lipinski definition) is 2. The molecule has 0 radical (unpaired) electrons. The van der Waals surface area contributed by atoms with Gasteiger partial charge in [-0.15, -0.1) is 0 Å². The summed E-state index contributed by atoms with van der Waals surface area (Å²) in [5.74, 6) is -0.896. The molecule has 4 nitrogen and oxygen atoms in total. The van der Waals surface area contributed by atoms with Gasteiger partial charge in [0, 0.05) is 17.1 Å². The molecule has 0 amide bonds. The molecule has 0 aliphatic carbocycles. The Labute approximate surface area is 128 Å². The van der Waals surface area contributed by atoms with Crippen molar-refractivity contribution in [1.29, 1.82) is 0 Å². The highest BCUT2D eigenvalue weighted by atomic mass is 35.6. The fourth-order valence-corrected chi connectivity index (χ4v) is 1.25. The van der Waals surface area contributed by atoms with Crippen molar-refractivity contribution in [1.82, 2.24) is 4.98 Å². The van der Waals surface area contributed by atoms with Crippen LogP contribution in [0.15, 0.2) is 30.5 Å². The molecule has 0 fully saturated rings. The van der Waals surface area contributed by atoms with E-state index >= 15 is 0 Å². The number of H-pyrrole nitrogens is 1. The van der Waals surface area contributed by atoms with Crippen molar-refractivity contribution in [3.8, 4) is 0 Å². The number of hydrogen-bond donors (Lipinski definition) is 2. The van der Waals surface area contributed by atoms with Crippen LogP contribution in [0.2, 0.25) is 0 Å². The molecule has 102 valence electrons. The zero-order valence-corrected chi connectivity index (χ0v) is 12.2. The van der Waals surface area contributed by atoms with Gasteiger partial charge in [-0.25, -0.2) is 4.79 Å². The molecule has 0 saturated heterocycles. The highest BCUT2D eigenvalue weighted by Crippen LogP contribution is 2.28. The number of rotatable bonds is 1. The number of carboxylic acid groups (broad SMARTS) is 1. The second-order valence-corrected chi connectivity index (χ2v) is 5.95. The lowest BCUT2D eigenvalue weighted by Gasteiger charge is -1.99. The van der Waals surface area contributed by atoms with Crippen molar-refractivity contribution in [2.24, 2.45) is 0 Å². The number of alkyl halides is 3. The maximum Gasteiger partial charge on any atom is 0.337 e. The molecular weight excluding hydrogens is 336 g/mol. The highest BCUT2D eigenvalue weighted by molar-refractivity contribution is 6.88. The van der Waals surface area contributed by atoms with Gasteiger partial charge in [0.1, 0.15) is 0 Å². The third-order valence-electron chi connectivity index (χ3n) is 2.04. The Morgan fingerprint density at radius 3 is 2.16 bits per heavy atom. The van der Waals surface area contributed by atoms with Gasteiger partial charge in [0.05, 0.1) is 5.56 Å². The van der Waals surface area contributed by atoms with E-state index in [9.17, 15) is 9.59 Å². The number of nitrogens with one attached hydrogen (secondary N) is 1. The third kappa shape index (κ3) is 4.58. The summed E-state index contributed by atoms with van der Waals surface area (Å²) in [6, 6.07) is 7.32. The van der Waals surface area contributed by atoms with Crippen molar-refractivity contribution in [3.63, 3.8) is 0 Å². The molecule has 8 heteroatoms. The summed E-state index contributed by atoms with van der Waals surface area (Å²) >= 11 is 19.5. The van der Waals surface area contributed by atoms with E-state index in [1.165, 1.54) is 6.20 Å². The predicted molar refractivity (Wildman–Crippen MR) is 76.4 cm³/mol. The first-order chi connectivity index (χ1) is 8.73. The molecule has 0 unspecified atom stereocenters. The smallest absolute Gasteiger partial charge is 0.337 e. The van der Waals surface area contributed by atoms with E-state index in [0.29, 0.717) is 5.56 Å². The van der Waals surface area contributed by atoms with E-state index in [0.717, 1.165) is 10.9 Å². The first-order valence-electron chi connectivity index (χ1n) is 4.79. The van der Waals surface area contributed by atoms with Crippen LogP contribution in [0.4, 0.5) is 0 Å². The minimum atomic E-state index is -1.96. The topological polar surface area (TPSA) is 70.2 Å². The van der Waals surface area contributed by atoms with Gasteiger partial charge in [-0.2, -0.15) is 0 Å². The molecule has 0 bridgehead atoms. The molecule has 2 rings (SSSR count). The number of halogens is 4. The fourth-order valence-electron chi connectivity index (χ4n) is 1.25. The first-order valence-corrected chi connectivity index (χ1v) is 6.30. The number of para-hydroxylation sites is 1. The monoisotopic (exact) mass is 341 g/mol. The van der Waals surface area contributed by atoms with Gasteiger partial charge >= 0.3 is 5.97 Å². The zero-order chi connectivity index (χ0) is 14.6. The Kier molecular flexibility index (Phi) is 5.50. The summed E-state index contributed by atoms with van der Waals surface area (Å²) in [5, 5.41) is 8.52. The van der Waals surface area contributed by atoms with Crippen molar-refractivity contribution in [2.75, 3.05) is 0 Å². The number of fused-ring (bicyclic) bond motifs is 1. The van der Waals surface area contributed by atoms with E-state index in [-0.39, 0.29) is 0 Å². The van der Waals surface area contributed by atoms with Crippen LogP contribution in [0, 0.1) is 0 Å². The molecule has 0 saturated carbocycles. The van der Waals surface area contributed by atoms with Crippen LogP contribution in [0.1, 0.15) is 10.4 Å². The Morgan fingerprint density at radius 2 is 1.68 bits per heavy atom. The van der Waals surface area contributed by atoms with E-state index in [1.54, 1.807) is 6.07 Å². The summed E-state index contributed by atoms with van der Waals surface area (Å²) in [4.78, 5) is 23.4. The van der Waals surface area contributed by atoms with Gasteiger partial charge < -0.3 is 10.1 Å². The maximum atomic E-state index is 10.7. The largest absolute Gasteiger partial charge is 0.478 e. The summed E-state index contributed by atoms with van der Waals surface area (Å²) in [7, 11) is 0. The number of benzene rings is 1. The van der Waals surface area contributed by atoms with E-state index in [4.69, 9.17) is 51.5 Å². The van der Waals surface area contributed by atoms with Crippen LogP contribution in [0.25, 0.3) is 10.9 Å². The number of carbonyl (C=O) groups excluding carboxylic acids is 1. The first kappa shape index (κ1) is 16.1. The lowest BCUT2D eigenvalue weighted by molar-refractivity contribution is -0.110. The van der Waals surface area contributed by atoms with E-state index in [1.807, 2.05) is 18.2 Å². The second kappa shape index (κ2) is 6.48. The number of aromatic carboxylic acids is 1. The molecule has 1 aromatic heterocycles. The van der Waals surface area contributed by atoms with E-state index < -0.39 is 15.0 Å². The molecule has 2 N–H and O–H groups in total. The maximum absolute atomic E-state index is 10.7. The van der Waals surface area contributed by atoms with Gasteiger partial charge in [-0.05, 0) is 17.7 Å². The summed E-state index contributed by atoms with van der Waals surface area (Å²) in [6.45, 7) is 0. The highest BCUT2D eigenvalue weighted by Gasteiger charge is 2.27. The van der Waals surface area contributed by atoms with Crippen LogP contribution in [-0.4, -0.2) is 25.1 Å². The molecule has 0 aliphatic rings. The standard InChI is InChI=1S/C9H7NO2.C2Cl4O/c11-9(12)7-5-10-8-4-2-1-3-6(7)8;3-1(7)2(4,5)6/h1-5,10H,(H,11,12);. The summed E-state index contributed by atoms with van der Waals surface area (Å²) in [5.41, 5.74) is 1.18. The van der Waals surface area contributed by atoms with Crippen LogP contribution >= 0.6 is 46.4 Å². The number of aromatic amines is 1. The predicted octanol–water partition coefficient (Wildman–Crippen LogP) is 3.99. The molecular formula is C11H7Cl4NO3. The molecule has 0 spiro atoms. The second-order valence-electron chi connectivity index (χ2n) is 3.32. The molecule has 2 aromatic rings. The minimum absolute atomic E-state index is 0.325. The van der Waals surface area contributed by atoms with Crippen molar-refractivity contribution in [2.45, 2.75) is 3.79 Å². The minimum Gasteiger partial charge on any atom is -0.478 e. The Hall–Kier alpha value is -0.940. The number of carbonyl (C=O) groups is 2. The molecule has 1 aromatic carbocycles. The lowest BCUT2D eigenvalue weighted by atomic mass is 10.2. The average molecular weight is 343 g/mol. The SMILES string of the molecule is O=C(Cl)C(Cl)(Cl)Cl.O=C(O)c1c[nH]c2ccccc12. The van der Waals surface area contributed by atoms with Crippen LogP contribution in [-0.2, 0) is 4.79 Å². The van der Waals surface area contributed by atoms with E-state index in [2.05, 4.69) is 4.98 Å². The number of aromatic nitrogens is 1. The molecule has 0 atom stereocenters.